The lowest BCUT2D eigenvalue weighted by molar-refractivity contribution is -0.384. The second-order valence-corrected chi connectivity index (χ2v) is 8.82. The third-order valence-corrected chi connectivity index (χ3v) is 5.79. The Labute approximate surface area is 205 Å². The molecular formula is C22H16Br2ClN3O4. The van der Waals surface area contributed by atoms with Gasteiger partial charge in [0.15, 0.2) is 0 Å². The first-order chi connectivity index (χ1) is 15.2. The summed E-state index contributed by atoms with van der Waals surface area (Å²) >= 11 is 13.0. The average Bonchev–Trinajstić information content (AvgIpc) is 2.73. The van der Waals surface area contributed by atoms with Crippen LogP contribution in [0.3, 0.4) is 0 Å². The van der Waals surface area contributed by atoms with Crippen molar-refractivity contribution >= 4 is 61.3 Å². The summed E-state index contributed by atoms with van der Waals surface area (Å²) in [6, 6.07) is 14.9. The molecule has 164 valence electrons. The van der Waals surface area contributed by atoms with Gasteiger partial charge in [-0.3, -0.25) is 14.9 Å². The predicted octanol–water partition coefficient (Wildman–Crippen LogP) is 6.42. The number of nitrogens with zero attached hydrogens (tertiary/aromatic N) is 2. The number of halogens is 3. The fraction of sp³-hybridized carbons (Fsp3) is 0.0909. The van der Waals surface area contributed by atoms with Crippen molar-refractivity contribution in [3.8, 4) is 5.75 Å². The minimum atomic E-state index is -0.449. The Hall–Kier alpha value is -2.75. The molecule has 0 atom stereocenters. The predicted molar refractivity (Wildman–Crippen MR) is 131 cm³/mol. The summed E-state index contributed by atoms with van der Waals surface area (Å²) < 4.78 is 7.18. The summed E-state index contributed by atoms with van der Waals surface area (Å²) in [5, 5.41) is 15.1. The topological polar surface area (TPSA) is 93.8 Å². The molecule has 3 rings (SSSR count). The number of carbonyl (C=O) groups excluding carboxylic acids is 1. The normalized spacial score (nSPS) is 10.9. The lowest BCUT2D eigenvalue weighted by atomic mass is 10.1. The molecular weight excluding hydrogens is 566 g/mol. The maximum Gasteiger partial charge on any atom is 0.272 e. The molecule has 0 aliphatic carbocycles. The summed E-state index contributed by atoms with van der Waals surface area (Å²) in [5.74, 6) is 0.156. The number of benzene rings is 3. The molecule has 0 fully saturated rings. The van der Waals surface area contributed by atoms with Crippen LogP contribution in [0.5, 0.6) is 5.75 Å². The van der Waals surface area contributed by atoms with Gasteiger partial charge in [0, 0.05) is 12.1 Å². The molecule has 32 heavy (non-hydrogen) atoms. The number of hydrogen-bond acceptors (Lipinski definition) is 5. The van der Waals surface area contributed by atoms with E-state index in [2.05, 4.69) is 42.4 Å². The number of nitrogens with one attached hydrogen (secondary N) is 1. The van der Waals surface area contributed by atoms with Crippen LogP contribution in [0.15, 0.2) is 68.6 Å². The highest BCUT2D eigenvalue weighted by molar-refractivity contribution is 9.11. The molecule has 10 heteroatoms. The number of nitro benzene ring substituents is 1. The van der Waals surface area contributed by atoms with Gasteiger partial charge in [-0.2, -0.15) is 5.10 Å². The van der Waals surface area contributed by atoms with E-state index in [1.54, 1.807) is 42.5 Å². The van der Waals surface area contributed by atoms with Crippen LogP contribution in [0, 0.1) is 17.0 Å². The van der Waals surface area contributed by atoms with Crippen molar-refractivity contribution in [3.63, 3.8) is 0 Å². The fourth-order valence-corrected chi connectivity index (χ4v) is 4.46. The second kappa shape index (κ2) is 10.7. The average molecular weight is 582 g/mol. The minimum Gasteiger partial charge on any atom is -0.487 e. The summed E-state index contributed by atoms with van der Waals surface area (Å²) in [4.78, 5) is 22.5. The molecule has 0 aliphatic heterocycles. The Morgan fingerprint density at radius 3 is 2.41 bits per heavy atom. The van der Waals surface area contributed by atoms with Crippen molar-refractivity contribution in [2.75, 3.05) is 0 Å². The fourth-order valence-electron chi connectivity index (χ4n) is 2.69. The van der Waals surface area contributed by atoms with E-state index >= 15 is 0 Å². The molecule has 7 nitrogen and oxygen atoms in total. The molecule has 0 aromatic heterocycles. The molecule has 0 spiro atoms. The zero-order valence-corrected chi connectivity index (χ0v) is 20.6. The van der Waals surface area contributed by atoms with Gasteiger partial charge in [0.1, 0.15) is 12.4 Å². The Morgan fingerprint density at radius 1 is 1.16 bits per heavy atom. The number of hydrogen-bond donors (Lipinski definition) is 1. The van der Waals surface area contributed by atoms with E-state index in [-0.39, 0.29) is 12.3 Å². The van der Waals surface area contributed by atoms with Crippen LogP contribution in [0.2, 0.25) is 5.02 Å². The molecule has 1 amide bonds. The largest absolute Gasteiger partial charge is 0.487 e. The minimum absolute atomic E-state index is 0.0245. The van der Waals surface area contributed by atoms with Crippen molar-refractivity contribution in [1.82, 2.24) is 5.43 Å². The van der Waals surface area contributed by atoms with Crippen LogP contribution in [0.25, 0.3) is 0 Å². The first kappa shape index (κ1) is 23.9. The molecule has 0 unspecified atom stereocenters. The van der Waals surface area contributed by atoms with E-state index in [0.717, 1.165) is 11.1 Å². The highest BCUT2D eigenvalue weighted by Crippen LogP contribution is 2.35. The van der Waals surface area contributed by atoms with Gasteiger partial charge >= 0.3 is 0 Å². The number of amides is 1. The summed E-state index contributed by atoms with van der Waals surface area (Å²) in [5.41, 5.74) is 5.28. The van der Waals surface area contributed by atoms with E-state index in [0.29, 0.717) is 30.8 Å². The van der Waals surface area contributed by atoms with Gasteiger partial charge in [-0.25, -0.2) is 5.43 Å². The quantitative estimate of drug-likeness (QED) is 0.198. The number of carbonyl (C=O) groups is 1. The first-order valence-electron chi connectivity index (χ1n) is 9.19. The van der Waals surface area contributed by atoms with Gasteiger partial charge in [0.2, 0.25) is 0 Å². The molecule has 0 saturated heterocycles. The number of nitro groups is 1. The molecule has 3 aromatic carbocycles. The third-order valence-electron chi connectivity index (χ3n) is 4.30. The van der Waals surface area contributed by atoms with Gasteiger partial charge in [-0.05, 0) is 91.9 Å². The van der Waals surface area contributed by atoms with E-state index in [1.807, 2.05) is 6.92 Å². The van der Waals surface area contributed by atoms with E-state index in [4.69, 9.17) is 16.3 Å². The van der Waals surface area contributed by atoms with Crippen LogP contribution >= 0.6 is 43.5 Å². The van der Waals surface area contributed by atoms with Crippen molar-refractivity contribution in [2.45, 2.75) is 13.5 Å². The molecule has 0 heterocycles. The van der Waals surface area contributed by atoms with Crippen LogP contribution < -0.4 is 10.2 Å². The first-order valence-corrected chi connectivity index (χ1v) is 11.2. The smallest absolute Gasteiger partial charge is 0.272 e. The van der Waals surface area contributed by atoms with Gasteiger partial charge in [-0.1, -0.05) is 17.7 Å². The maximum atomic E-state index is 12.2. The highest BCUT2D eigenvalue weighted by atomic mass is 79.9. The van der Waals surface area contributed by atoms with Gasteiger partial charge in [0.25, 0.3) is 11.6 Å². The summed E-state index contributed by atoms with van der Waals surface area (Å²) in [6.07, 6.45) is 1.50. The zero-order valence-electron chi connectivity index (χ0n) is 16.6. The van der Waals surface area contributed by atoms with Crippen LogP contribution in [-0.4, -0.2) is 17.0 Å². The highest BCUT2D eigenvalue weighted by Gasteiger charge is 2.11. The van der Waals surface area contributed by atoms with Crippen molar-refractivity contribution in [1.29, 1.82) is 0 Å². The molecule has 1 N–H and O–H groups in total. The monoisotopic (exact) mass is 579 g/mol. The molecule has 0 saturated carbocycles. The van der Waals surface area contributed by atoms with Gasteiger partial charge < -0.3 is 4.74 Å². The number of rotatable bonds is 7. The van der Waals surface area contributed by atoms with Crippen molar-refractivity contribution in [2.24, 2.45) is 5.10 Å². The number of non-ortho nitro benzene ring substituents is 1. The Kier molecular flexibility index (Phi) is 8.00. The molecule has 0 aliphatic rings. The number of ether oxygens (including phenoxy) is 1. The van der Waals surface area contributed by atoms with Gasteiger partial charge in [0.05, 0.1) is 30.7 Å². The van der Waals surface area contributed by atoms with E-state index < -0.39 is 10.8 Å². The Balaban J connectivity index is 1.64. The van der Waals surface area contributed by atoms with Crippen LogP contribution in [0.4, 0.5) is 5.69 Å². The summed E-state index contributed by atoms with van der Waals surface area (Å²) in [7, 11) is 0. The second-order valence-electron chi connectivity index (χ2n) is 6.71. The Bertz CT molecular complexity index is 1180. The molecule has 0 radical (unpaired) electrons. The number of aryl methyl sites for hydroxylation is 1. The number of hydrazone groups is 1. The lowest BCUT2D eigenvalue weighted by Gasteiger charge is -2.11. The van der Waals surface area contributed by atoms with E-state index in [1.165, 1.54) is 18.3 Å². The van der Waals surface area contributed by atoms with Crippen molar-refractivity contribution < 1.29 is 14.5 Å². The van der Waals surface area contributed by atoms with Crippen LogP contribution in [0.1, 0.15) is 27.0 Å². The van der Waals surface area contributed by atoms with Crippen molar-refractivity contribution in [3.05, 3.63) is 101 Å². The Morgan fingerprint density at radius 2 is 1.81 bits per heavy atom. The van der Waals surface area contributed by atoms with E-state index in [9.17, 15) is 14.9 Å². The van der Waals surface area contributed by atoms with Gasteiger partial charge in [-0.15, -0.1) is 0 Å². The summed E-state index contributed by atoms with van der Waals surface area (Å²) in [6.45, 7) is 2.12. The maximum absolute atomic E-state index is 12.2. The standard InChI is InChI=1S/C22H16Br2ClN3O4/c1-13-2-7-17(20(25)8-13)22(29)27-26-11-15-9-18(23)21(19(24)10-15)32-12-14-3-5-16(6-4-14)28(30)31/h2-11H,12H2,1H3,(H,27,29)/b26-11-. The molecule has 3 aromatic rings. The zero-order chi connectivity index (χ0) is 23.3. The van der Waals surface area contributed by atoms with Crippen LogP contribution in [-0.2, 0) is 6.61 Å². The third kappa shape index (κ3) is 6.15. The lowest BCUT2D eigenvalue weighted by Crippen LogP contribution is -2.18. The SMILES string of the molecule is Cc1ccc(C(=O)N/N=C\c2cc(Br)c(OCc3ccc([N+](=O)[O-])cc3)c(Br)c2)c(Cl)c1. The molecule has 0 bridgehead atoms.